The van der Waals surface area contributed by atoms with Crippen molar-refractivity contribution >= 4 is 0 Å². The smallest absolute Gasteiger partial charge is 0.0990 e. The number of nitrogens with zero attached hydrogens (tertiary/aromatic N) is 1. The van der Waals surface area contributed by atoms with Crippen LogP contribution in [0.1, 0.15) is 44.1 Å². The number of aliphatic hydroxyl groups excluding tert-OH is 1. The maximum Gasteiger partial charge on any atom is 0.0990 e. The van der Waals surface area contributed by atoms with Crippen LogP contribution in [-0.4, -0.2) is 10.1 Å². The number of rotatable bonds is 4. The fourth-order valence-electron chi connectivity index (χ4n) is 1.77. The van der Waals surface area contributed by atoms with Gasteiger partial charge in [0.1, 0.15) is 0 Å². The highest BCUT2D eigenvalue weighted by Crippen LogP contribution is 2.27. The molecule has 0 bridgehead atoms. The molecule has 1 aromatic rings. The lowest BCUT2D eigenvalue weighted by atomic mass is 9.92. The topological polar surface area (TPSA) is 33.1 Å². The van der Waals surface area contributed by atoms with Gasteiger partial charge in [-0.25, -0.2) is 0 Å². The van der Waals surface area contributed by atoms with Crippen molar-refractivity contribution in [2.24, 2.45) is 5.92 Å². The molecule has 0 saturated carbocycles. The summed E-state index contributed by atoms with van der Waals surface area (Å²) in [5, 5.41) is 10.1. The molecular formula is C12H19NO. The molecule has 0 aliphatic heterocycles. The van der Waals surface area contributed by atoms with E-state index in [1.807, 2.05) is 19.1 Å². The molecule has 0 aliphatic carbocycles. The average Bonchev–Trinajstić information content (AvgIpc) is 2.20. The van der Waals surface area contributed by atoms with Crippen LogP contribution >= 0.6 is 0 Å². The zero-order valence-corrected chi connectivity index (χ0v) is 9.20. The fourth-order valence-corrected chi connectivity index (χ4v) is 1.77. The lowest BCUT2D eigenvalue weighted by Gasteiger charge is -2.20. The Morgan fingerprint density at radius 1 is 1.36 bits per heavy atom. The molecule has 0 spiro atoms. The van der Waals surface area contributed by atoms with Crippen molar-refractivity contribution in [2.45, 2.75) is 39.7 Å². The minimum atomic E-state index is -0.411. The molecular weight excluding hydrogens is 174 g/mol. The number of pyridine rings is 1. The number of aliphatic hydroxyl groups is 1. The molecule has 1 rings (SSSR count). The highest BCUT2D eigenvalue weighted by atomic mass is 16.3. The number of hydrogen-bond donors (Lipinski definition) is 1. The van der Waals surface area contributed by atoms with E-state index in [0.29, 0.717) is 5.92 Å². The summed E-state index contributed by atoms with van der Waals surface area (Å²) in [4.78, 5) is 4.24. The fraction of sp³-hybridized carbons (Fsp3) is 0.583. The van der Waals surface area contributed by atoms with Crippen LogP contribution in [0.25, 0.3) is 0 Å². The van der Waals surface area contributed by atoms with Crippen molar-refractivity contribution in [3.05, 3.63) is 29.6 Å². The van der Waals surface area contributed by atoms with Crippen molar-refractivity contribution in [1.29, 1.82) is 0 Å². The van der Waals surface area contributed by atoms with E-state index in [0.717, 1.165) is 24.1 Å². The molecule has 1 heterocycles. The molecule has 0 radical (unpaired) electrons. The van der Waals surface area contributed by atoms with Crippen molar-refractivity contribution < 1.29 is 5.11 Å². The molecule has 1 N–H and O–H groups in total. The second kappa shape index (κ2) is 5.11. The van der Waals surface area contributed by atoms with E-state index in [2.05, 4.69) is 18.8 Å². The summed E-state index contributed by atoms with van der Waals surface area (Å²) in [6, 6.07) is 3.90. The SMILES string of the molecule is CCC(CC)C(O)c1ncccc1C. The lowest BCUT2D eigenvalue weighted by Crippen LogP contribution is -2.13. The van der Waals surface area contributed by atoms with Gasteiger partial charge in [-0.05, 0) is 24.5 Å². The van der Waals surface area contributed by atoms with Gasteiger partial charge >= 0.3 is 0 Å². The van der Waals surface area contributed by atoms with Crippen molar-refractivity contribution in [2.75, 3.05) is 0 Å². The third kappa shape index (κ3) is 2.32. The van der Waals surface area contributed by atoms with Gasteiger partial charge in [0.05, 0.1) is 11.8 Å². The minimum Gasteiger partial charge on any atom is -0.387 e. The molecule has 0 amide bonds. The maximum atomic E-state index is 10.1. The molecule has 1 aromatic heterocycles. The monoisotopic (exact) mass is 193 g/mol. The molecule has 2 heteroatoms. The van der Waals surface area contributed by atoms with Crippen LogP contribution in [0, 0.1) is 12.8 Å². The highest BCUT2D eigenvalue weighted by Gasteiger charge is 2.19. The van der Waals surface area contributed by atoms with E-state index in [4.69, 9.17) is 0 Å². The van der Waals surface area contributed by atoms with Crippen molar-refractivity contribution in [3.63, 3.8) is 0 Å². The van der Waals surface area contributed by atoms with Gasteiger partial charge in [-0.1, -0.05) is 32.8 Å². The Balaban J connectivity index is 2.88. The number of hydrogen-bond acceptors (Lipinski definition) is 2. The highest BCUT2D eigenvalue weighted by molar-refractivity contribution is 5.20. The third-order valence-electron chi connectivity index (χ3n) is 2.83. The summed E-state index contributed by atoms with van der Waals surface area (Å²) in [6.45, 7) is 6.21. The van der Waals surface area contributed by atoms with Crippen LogP contribution in [0.15, 0.2) is 18.3 Å². The summed E-state index contributed by atoms with van der Waals surface area (Å²) >= 11 is 0. The van der Waals surface area contributed by atoms with Crippen LogP contribution < -0.4 is 0 Å². The normalized spacial score (nSPS) is 13.2. The van der Waals surface area contributed by atoms with Crippen LogP contribution in [0.4, 0.5) is 0 Å². The van der Waals surface area contributed by atoms with E-state index in [1.54, 1.807) is 6.20 Å². The Bertz CT molecular complexity index is 281. The number of aryl methyl sites for hydroxylation is 1. The van der Waals surface area contributed by atoms with Gasteiger partial charge in [-0.15, -0.1) is 0 Å². The van der Waals surface area contributed by atoms with Crippen molar-refractivity contribution in [1.82, 2.24) is 4.98 Å². The Morgan fingerprint density at radius 2 is 2.00 bits per heavy atom. The Kier molecular flexibility index (Phi) is 4.08. The van der Waals surface area contributed by atoms with Gasteiger partial charge in [-0.3, -0.25) is 4.98 Å². The summed E-state index contributed by atoms with van der Waals surface area (Å²) in [5.41, 5.74) is 1.91. The second-order valence-electron chi connectivity index (χ2n) is 3.73. The molecule has 1 unspecified atom stereocenters. The average molecular weight is 193 g/mol. The summed E-state index contributed by atoms with van der Waals surface area (Å²) in [5.74, 6) is 0.323. The van der Waals surface area contributed by atoms with Gasteiger partial charge in [0.15, 0.2) is 0 Å². The second-order valence-corrected chi connectivity index (χ2v) is 3.73. The lowest BCUT2D eigenvalue weighted by molar-refractivity contribution is 0.0985. The Hall–Kier alpha value is -0.890. The molecule has 78 valence electrons. The zero-order chi connectivity index (χ0) is 10.6. The van der Waals surface area contributed by atoms with Crippen LogP contribution in [0.2, 0.25) is 0 Å². The standard InChI is InChI=1S/C12H19NO/c1-4-10(5-2)12(14)11-9(3)7-6-8-13-11/h6-8,10,12,14H,4-5H2,1-3H3. The first-order valence-electron chi connectivity index (χ1n) is 5.30. The van der Waals surface area contributed by atoms with Gasteiger partial charge < -0.3 is 5.11 Å². The maximum absolute atomic E-state index is 10.1. The quantitative estimate of drug-likeness (QED) is 0.797. The zero-order valence-electron chi connectivity index (χ0n) is 9.20. The predicted octanol–water partition coefficient (Wildman–Crippen LogP) is 2.86. The van der Waals surface area contributed by atoms with Gasteiger partial charge in [0.25, 0.3) is 0 Å². The molecule has 0 aromatic carbocycles. The molecule has 14 heavy (non-hydrogen) atoms. The first kappa shape index (κ1) is 11.2. The van der Waals surface area contributed by atoms with Crippen LogP contribution in [0.5, 0.6) is 0 Å². The van der Waals surface area contributed by atoms with E-state index in [1.165, 1.54) is 0 Å². The van der Waals surface area contributed by atoms with Crippen molar-refractivity contribution in [3.8, 4) is 0 Å². The predicted molar refractivity (Wildman–Crippen MR) is 58.0 cm³/mol. The first-order valence-corrected chi connectivity index (χ1v) is 5.30. The Morgan fingerprint density at radius 3 is 2.50 bits per heavy atom. The minimum absolute atomic E-state index is 0.323. The van der Waals surface area contributed by atoms with Gasteiger partial charge in [0, 0.05) is 6.20 Å². The van der Waals surface area contributed by atoms with Gasteiger partial charge in [-0.2, -0.15) is 0 Å². The molecule has 1 atom stereocenters. The summed E-state index contributed by atoms with van der Waals surface area (Å²) in [7, 11) is 0. The molecule has 0 fully saturated rings. The molecule has 0 aliphatic rings. The molecule has 0 saturated heterocycles. The Labute approximate surface area is 86.0 Å². The first-order chi connectivity index (χ1) is 6.70. The van der Waals surface area contributed by atoms with Crippen LogP contribution in [0.3, 0.4) is 0 Å². The summed E-state index contributed by atoms with van der Waals surface area (Å²) < 4.78 is 0. The van der Waals surface area contributed by atoms with E-state index < -0.39 is 6.10 Å². The van der Waals surface area contributed by atoms with E-state index in [9.17, 15) is 5.11 Å². The van der Waals surface area contributed by atoms with Crippen LogP contribution in [-0.2, 0) is 0 Å². The third-order valence-corrected chi connectivity index (χ3v) is 2.83. The largest absolute Gasteiger partial charge is 0.387 e. The number of aromatic nitrogens is 1. The summed E-state index contributed by atoms with van der Waals surface area (Å²) in [6.07, 6.45) is 3.32. The van der Waals surface area contributed by atoms with E-state index in [-0.39, 0.29) is 0 Å². The van der Waals surface area contributed by atoms with Gasteiger partial charge in [0.2, 0.25) is 0 Å². The molecule has 2 nitrogen and oxygen atoms in total. The van der Waals surface area contributed by atoms with E-state index >= 15 is 0 Å².